The Balaban J connectivity index is 1.71. The van der Waals surface area contributed by atoms with Crippen molar-refractivity contribution < 1.29 is 13.2 Å². The monoisotopic (exact) mass is 307 g/mol. The lowest BCUT2D eigenvalue weighted by atomic mass is 9.94. The number of hydrogen-bond donors (Lipinski definition) is 2. The number of aromatic nitrogens is 1. The molecule has 0 radical (unpaired) electrons. The van der Waals surface area contributed by atoms with Crippen LogP contribution in [0.1, 0.15) is 22.9 Å². The molecule has 1 aromatic heterocycles. The van der Waals surface area contributed by atoms with E-state index in [2.05, 4.69) is 21.7 Å². The van der Waals surface area contributed by atoms with Crippen molar-refractivity contribution in [2.24, 2.45) is 0 Å². The number of anilines is 1. The molecule has 1 aliphatic heterocycles. The number of benzene rings is 1. The van der Waals surface area contributed by atoms with Crippen molar-refractivity contribution in [3.63, 3.8) is 0 Å². The van der Waals surface area contributed by atoms with Crippen LogP contribution in [0.2, 0.25) is 0 Å². The molecular weight excluding hydrogens is 291 g/mol. The first-order valence-electron chi connectivity index (χ1n) is 7.13. The van der Waals surface area contributed by atoms with Gasteiger partial charge in [0.1, 0.15) is 11.5 Å². The first-order valence-corrected chi connectivity index (χ1v) is 7.13. The van der Waals surface area contributed by atoms with Crippen LogP contribution >= 0.6 is 0 Å². The zero-order chi connectivity index (χ0) is 15.6. The van der Waals surface area contributed by atoms with E-state index in [1.165, 1.54) is 17.2 Å². The second-order valence-electron chi connectivity index (χ2n) is 5.24. The normalized spacial score (nSPS) is 17.9. The summed E-state index contributed by atoms with van der Waals surface area (Å²) in [6.07, 6.45) is -3.46. The Morgan fingerprint density at radius 2 is 1.95 bits per heavy atom. The zero-order valence-electron chi connectivity index (χ0n) is 11.8. The van der Waals surface area contributed by atoms with E-state index in [0.717, 1.165) is 19.0 Å². The van der Waals surface area contributed by atoms with Crippen LogP contribution in [0.3, 0.4) is 0 Å². The van der Waals surface area contributed by atoms with Gasteiger partial charge in [-0.25, -0.2) is 4.98 Å². The van der Waals surface area contributed by atoms with Crippen molar-refractivity contribution >= 4 is 5.82 Å². The Morgan fingerprint density at radius 1 is 1.14 bits per heavy atom. The van der Waals surface area contributed by atoms with Crippen molar-refractivity contribution in [1.82, 2.24) is 10.3 Å². The third-order valence-electron chi connectivity index (χ3n) is 3.74. The fourth-order valence-corrected chi connectivity index (χ4v) is 2.67. The summed E-state index contributed by atoms with van der Waals surface area (Å²) in [7, 11) is 0. The van der Waals surface area contributed by atoms with Gasteiger partial charge in [-0.2, -0.15) is 13.2 Å². The molecule has 0 amide bonds. The summed E-state index contributed by atoms with van der Waals surface area (Å²) in [6, 6.07) is 12.1. The fraction of sp³-hybridized carbons (Fsp3) is 0.312. The highest BCUT2D eigenvalue weighted by Crippen LogP contribution is 2.28. The smallest absolute Gasteiger partial charge is 0.368 e. The summed E-state index contributed by atoms with van der Waals surface area (Å²) in [5, 5.41) is 6.37. The van der Waals surface area contributed by atoms with Gasteiger partial charge < -0.3 is 10.6 Å². The first-order chi connectivity index (χ1) is 10.5. The summed E-state index contributed by atoms with van der Waals surface area (Å²) in [4.78, 5) is 3.62. The number of rotatable bonds is 3. The molecule has 6 heteroatoms. The molecule has 0 saturated heterocycles. The quantitative estimate of drug-likeness (QED) is 0.912. The second kappa shape index (κ2) is 5.96. The number of nitrogens with zero attached hydrogens (tertiary/aromatic N) is 1. The number of pyridine rings is 1. The van der Waals surface area contributed by atoms with E-state index in [-0.39, 0.29) is 11.9 Å². The molecule has 22 heavy (non-hydrogen) atoms. The number of hydrogen-bond acceptors (Lipinski definition) is 3. The molecular formula is C16H16F3N3. The summed E-state index contributed by atoms with van der Waals surface area (Å²) in [5.74, 6) is 0.236. The van der Waals surface area contributed by atoms with Crippen LogP contribution in [0.4, 0.5) is 19.0 Å². The Labute approximate surface area is 126 Å². The standard InChI is InChI=1S/C16H16F3N3/c17-16(18,19)14-6-3-7-15(22-14)21-10-13-12-5-2-1-4-11(12)8-9-20-13/h1-7,13,20H,8-10H2,(H,21,22). The summed E-state index contributed by atoms with van der Waals surface area (Å²) >= 11 is 0. The van der Waals surface area contributed by atoms with E-state index in [1.54, 1.807) is 6.07 Å². The molecule has 1 unspecified atom stereocenters. The van der Waals surface area contributed by atoms with Crippen LogP contribution in [0.15, 0.2) is 42.5 Å². The van der Waals surface area contributed by atoms with Crippen molar-refractivity contribution in [1.29, 1.82) is 0 Å². The van der Waals surface area contributed by atoms with E-state index in [1.807, 2.05) is 18.2 Å². The maximum absolute atomic E-state index is 12.7. The molecule has 0 aliphatic carbocycles. The topological polar surface area (TPSA) is 37.0 Å². The van der Waals surface area contributed by atoms with Crippen molar-refractivity contribution in [2.45, 2.75) is 18.6 Å². The lowest BCUT2D eigenvalue weighted by molar-refractivity contribution is -0.141. The van der Waals surface area contributed by atoms with Gasteiger partial charge in [-0.05, 0) is 36.2 Å². The number of alkyl halides is 3. The van der Waals surface area contributed by atoms with Gasteiger partial charge in [0.25, 0.3) is 0 Å². The molecule has 2 N–H and O–H groups in total. The van der Waals surface area contributed by atoms with E-state index in [0.29, 0.717) is 6.54 Å². The summed E-state index contributed by atoms with van der Waals surface area (Å²) in [5.41, 5.74) is 1.59. The predicted molar refractivity (Wildman–Crippen MR) is 78.6 cm³/mol. The molecule has 3 rings (SSSR count). The first kappa shape index (κ1) is 14.8. The summed E-state index contributed by atoms with van der Waals surface area (Å²) in [6.45, 7) is 1.35. The maximum atomic E-state index is 12.7. The van der Waals surface area contributed by atoms with Gasteiger partial charge in [-0.3, -0.25) is 0 Å². The minimum atomic E-state index is -4.42. The Kier molecular flexibility index (Phi) is 4.02. The molecule has 1 aromatic carbocycles. The van der Waals surface area contributed by atoms with Gasteiger partial charge in [-0.1, -0.05) is 30.3 Å². The largest absolute Gasteiger partial charge is 0.433 e. The van der Waals surface area contributed by atoms with Crippen molar-refractivity contribution in [3.05, 3.63) is 59.3 Å². The summed E-state index contributed by atoms with van der Waals surface area (Å²) < 4.78 is 38.0. The Bertz CT molecular complexity index is 655. The van der Waals surface area contributed by atoms with Crippen molar-refractivity contribution in [2.75, 3.05) is 18.4 Å². The SMILES string of the molecule is FC(F)(F)c1cccc(NCC2NCCc3ccccc32)n1. The van der Waals surface area contributed by atoms with Crippen LogP contribution < -0.4 is 10.6 Å². The van der Waals surface area contributed by atoms with E-state index in [4.69, 9.17) is 0 Å². The van der Waals surface area contributed by atoms with Gasteiger partial charge in [0, 0.05) is 12.6 Å². The fourth-order valence-electron chi connectivity index (χ4n) is 2.67. The second-order valence-corrected chi connectivity index (χ2v) is 5.24. The number of fused-ring (bicyclic) bond motifs is 1. The van der Waals surface area contributed by atoms with Gasteiger partial charge >= 0.3 is 6.18 Å². The highest BCUT2D eigenvalue weighted by Gasteiger charge is 2.32. The van der Waals surface area contributed by atoms with Crippen LogP contribution in [-0.4, -0.2) is 18.1 Å². The highest BCUT2D eigenvalue weighted by molar-refractivity contribution is 5.38. The Morgan fingerprint density at radius 3 is 2.77 bits per heavy atom. The van der Waals surface area contributed by atoms with Gasteiger partial charge in [0.05, 0.1) is 0 Å². The lowest BCUT2D eigenvalue weighted by Crippen LogP contribution is -2.34. The Hall–Kier alpha value is -2.08. The molecule has 2 aromatic rings. The van der Waals surface area contributed by atoms with Gasteiger partial charge in [0.15, 0.2) is 0 Å². The predicted octanol–water partition coefficient (Wildman–Crippen LogP) is 3.40. The van der Waals surface area contributed by atoms with Crippen LogP contribution in [0, 0.1) is 0 Å². The molecule has 1 atom stereocenters. The number of nitrogens with one attached hydrogen (secondary N) is 2. The van der Waals surface area contributed by atoms with Crippen LogP contribution in [0.25, 0.3) is 0 Å². The average molecular weight is 307 g/mol. The van der Waals surface area contributed by atoms with E-state index >= 15 is 0 Å². The molecule has 0 bridgehead atoms. The zero-order valence-corrected chi connectivity index (χ0v) is 11.8. The molecule has 116 valence electrons. The third-order valence-corrected chi connectivity index (χ3v) is 3.74. The minimum Gasteiger partial charge on any atom is -0.368 e. The molecule has 0 saturated carbocycles. The minimum absolute atomic E-state index is 0.0706. The van der Waals surface area contributed by atoms with Gasteiger partial charge in [-0.15, -0.1) is 0 Å². The average Bonchev–Trinajstić information content (AvgIpc) is 2.52. The molecule has 2 heterocycles. The third kappa shape index (κ3) is 3.22. The number of halogens is 3. The maximum Gasteiger partial charge on any atom is 0.433 e. The molecule has 0 fully saturated rings. The molecule has 3 nitrogen and oxygen atoms in total. The van der Waals surface area contributed by atoms with Crippen LogP contribution in [0.5, 0.6) is 0 Å². The molecule has 1 aliphatic rings. The van der Waals surface area contributed by atoms with Crippen LogP contribution in [-0.2, 0) is 12.6 Å². The lowest BCUT2D eigenvalue weighted by Gasteiger charge is -2.27. The van der Waals surface area contributed by atoms with Crippen molar-refractivity contribution in [3.8, 4) is 0 Å². The van der Waals surface area contributed by atoms with E-state index < -0.39 is 11.9 Å². The van der Waals surface area contributed by atoms with E-state index in [9.17, 15) is 13.2 Å². The highest BCUT2D eigenvalue weighted by atomic mass is 19.4. The van der Waals surface area contributed by atoms with Gasteiger partial charge in [0.2, 0.25) is 0 Å². The molecule has 0 spiro atoms.